The predicted molar refractivity (Wildman–Crippen MR) is 63.3 cm³/mol. The fraction of sp³-hybridized carbons (Fsp3) is 0.333. The van der Waals surface area contributed by atoms with E-state index in [1.807, 2.05) is 12.1 Å². The van der Waals surface area contributed by atoms with Crippen molar-refractivity contribution in [2.24, 2.45) is 11.5 Å². The zero-order chi connectivity index (χ0) is 8.97. The van der Waals surface area contributed by atoms with E-state index in [1.165, 1.54) is 0 Å². The van der Waals surface area contributed by atoms with Gasteiger partial charge in [-0.3, -0.25) is 0 Å². The summed E-state index contributed by atoms with van der Waals surface area (Å²) >= 11 is 0. The van der Waals surface area contributed by atoms with E-state index in [1.54, 1.807) is 12.1 Å². The van der Waals surface area contributed by atoms with Crippen molar-refractivity contribution in [2.75, 3.05) is 6.54 Å². The predicted octanol–water partition coefficient (Wildman–Crippen LogP) is 1.06. The Labute approximate surface area is 96.3 Å². The summed E-state index contributed by atoms with van der Waals surface area (Å²) in [5.41, 5.74) is 12.1. The van der Waals surface area contributed by atoms with Gasteiger partial charge in [0.05, 0.1) is 0 Å². The first kappa shape index (κ1) is 16.0. The van der Waals surface area contributed by atoms with Crippen molar-refractivity contribution in [2.45, 2.75) is 12.5 Å². The molecular weight excluding hydrogens is 223 g/mol. The van der Waals surface area contributed by atoms with Crippen molar-refractivity contribution in [3.63, 3.8) is 0 Å². The molecule has 5 heteroatoms. The lowest BCUT2D eigenvalue weighted by molar-refractivity contribution is 0.475. The molecule has 14 heavy (non-hydrogen) atoms. The molecule has 1 aromatic carbocycles. The van der Waals surface area contributed by atoms with Gasteiger partial charge < -0.3 is 16.6 Å². The minimum Gasteiger partial charge on any atom is -0.508 e. The summed E-state index contributed by atoms with van der Waals surface area (Å²) < 4.78 is 0. The Morgan fingerprint density at radius 1 is 1.14 bits per heavy atom. The minimum atomic E-state index is 0. The molecule has 0 aliphatic rings. The molecule has 0 heterocycles. The van der Waals surface area contributed by atoms with Crippen LogP contribution >= 0.6 is 24.8 Å². The van der Waals surface area contributed by atoms with Gasteiger partial charge in [0.25, 0.3) is 0 Å². The molecule has 1 atom stereocenters. The van der Waals surface area contributed by atoms with E-state index >= 15 is 0 Å². The van der Waals surface area contributed by atoms with Crippen molar-refractivity contribution in [3.8, 4) is 5.75 Å². The molecule has 0 saturated heterocycles. The fourth-order valence-electron chi connectivity index (χ4n) is 1.02. The molecule has 0 fully saturated rings. The van der Waals surface area contributed by atoms with Crippen LogP contribution in [0.5, 0.6) is 5.75 Å². The Kier molecular flexibility index (Phi) is 8.99. The molecule has 0 radical (unpaired) electrons. The third-order valence-corrected chi connectivity index (χ3v) is 1.74. The number of phenols is 1. The molecule has 0 aromatic heterocycles. The lowest BCUT2D eigenvalue weighted by atomic mass is 10.1. The third-order valence-electron chi connectivity index (χ3n) is 1.74. The summed E-state index contributed by atoms with van der Waals surface area (Å²) in [4.78, 5) is 0. The van der Waals surface area contributed by atoms with E-state index in [-0.39, 0.29) is 36.6 Å². The standard InChI is InChI=1S/C9H14N2O.2ClH/c10-6-8(11)5-7-1-3-9(12)4-2-7;;/h1-4,8,12H,5-6,10-11H2;2*1H. The van der Waals surface area contributed by atoms with Crippen LogP contribution in [0.25, 0.3) is 0 Å². The van der Waals surface area contributed by atoms with Gasteiger partial charge >= 0.3 is 0 Å². The van der Waals surface area contributed by atoms with Gasteiger partial charge in [-0.25, -0.2) is 0 Å². The Morgan fingerprint density at radius 2 is 1.64 bits per heavy atom. The van der Waals surface area contributed by atoms with Gasteiger partial charge in [0.2, 0.25) is 0 Å². The average Bonchev–Trinajstić information content (AvgIpc) is 2.09. The molecule has 0 amide bonds. The summed E-state index contributed by atoms with van der Waals surface area (Å²) in [5.74, 6) is 0.278. The van der Waals surface area contributed by atoms with Gasteiger partial charge in [-0.15, -0.1) is 24.8 Å². The number of hydrogen-bond donors (Lipinski definition) is 3. The Bertz CT molecular complexity index is 241. The van der Waals surface area contributed by atoms with Crippen LogP contribution in [-0.2, 0) is 6.42 Å². The molecule has 0 aliphatic heterocycles. The highest BCUT2D eigenvalue weighted by atomic mass is 35.5. The molecule has 1 unspecified atom stereocenters. The molecular formula is C9H16Cl2N2O. The number of halogens is 2. The topological polar surface area (TPSA) is 72.3 Å². The van der Waals surface area contributed by atoms with Gasteiger partial charge in [-0.1, -0.05) is 12.1 Å². The van der Waals surface area contributed by atoms with Crippen LogP contribution in [0.1, 0.15) is 5.56 Å². The summed E-state index contributed by atoms with van der Waals surface area (Å²) in [7, 11) is 0. The number of phenolic OH excluding ortho intramolecular Hbond substituents is 1. The zero-order valence-corrected chi connectivity index (χ0v) is 9.35. The lowest BCUT2D eigenvalue weighted by Gasteiger charge is -2.07. The lowest BCUT2D eigenvalue weighted by Crippen LogP contribution is -2.31. The van der Waals surface area contributed by atoms with Crippen molar-refractivity contribution < 1.29 is 5.11 Å². The van der Waals surface area contributed by atoms with E-state index in [4.69, 9.17) is 16.6 Å². The SMILES string of the molecule is Cl.Cl.NCC(N)Cc1ccc(O)cc1. The molecule has 0 spiro atoms. The largest absolute Gasteiger partial charge is 0.508 e. The molecule has 0 aliphatic carbocycles. The van der Waals surface area contributed by atoms with Crippen molar-refractivity contribution in [1.82, 2.24) is 0 Å². The molecule has 1 aromatic rings. The van der Waals surface area contributed by atoms with Crippen molar-refractivity contribution in [3.05, 3.63) is 29.8 Å². The van der Waals surface area contributed by atoms with Gasteiger partial charge in [0.1, 0.15) is 5.75 Å². The maximum Gasteiger partial charge on any atom is 0.115 e. The van der Waals surface area contributed by atoms with Gasteiger partial charge in [-0.05, 0) is 24.1 Å². The van der Waals surface area contributed by atoms with Gasteiger partial charge in [0, 0.05) is 12.6 Å². The Balaban J connectivity index is 0. The van der Waals surface area contributed by atoms with Gasteiger partial charge in [-0.2, -0.15) is 0 Å². The van der Waals surface area contributed by atoms with E-state index in [2.05, 4.69) is 0 Å². The smallest absolute Gasteiger partial charge is 0.115 e. The molecule has 0 bridgehead atoms. The van der Waals surface area contributed by atoms with Crippen LogP contribution < -0.4 is 11.5 Å². The second kappa shape index (κ2) is 7.88. The van der Waals surface area contributed by atoms with Crippen LogP contribution in [0.15, 0.2) is 24.3 Å². The van der Waals surface area contributed by atoms with Crippen LogP contribution in [0.3, 0.4) is 0 Å². The van der Waals surface area contributed by atoms with E-state index in [9.17, 15) is 0 Å². The Morgan fingerprint density at radius 3 is 2.07 bits per heavy atom. The summed E-state index contributed by atoms with van der Waals surface area (Å²) in [6.07, 6.45) is 0.761. The van der Waals surface area contributed by atoms with E-state index < -0.39 is 0 Å². The molecule has 82 valence electrons. The van der Waals surface area contributed by atoms with Crippen molar-refractivity contribution >= 4 is 24.8 Å². The number of rotatable bonds is 3. The normalized spacial score (nSPS) is 11.0. The first-order valence-electron chi connectivity index (χ1n) is 3.96. The number of hydrogen-bond acceptors (Lipinski definition) is 3. The summed E-state index contributed by atoms with van der Waals surface area (Å²) in [5, 5.41) is 8.99. The highest BCUT2D eigenvalue weighted by Crippen LogP contribution is 2.10. The van der Waals surface area contributed by atoms with E-state index in [0.29, 0.717) is 6.54 Å². The quantitative estimate of drug-likeness (QED) is 0.738. The second-order valence-electron chi connectivity index (χ2n) is 2.87. The van der Waals surface area contributed by atoms with Crippen LogP contribution in [0, 0.1) is 0 Å². The van der Waals surface area contributed by atoms with Crippen LogP contribution in [0.2, 0.25) is 0 Å². The highest BCUT2D eigenvalue weighted by molar-refractivity contribution is 5.85. The third kappa shape index (κ3) is 5.29. The summed E-state index contributed by atoms with van der Waals surface area (Å²) in [6, 6.07) is 7.02. The van der Waals surface area contributed by atoms with Crippen LogP contribution in [-0.4, -0.2) is 17.7 Å². The zero-order valence-electron chi connectivity index (χ0n) is 7.72. The fourth-order valence-corrected chi connectivity index (χ4v) is 1.02. The second-order valence-corrected chi connectivity index (χ2v) is 2.87. The monoisotopic (exact) mass is 238 g/mol. The van der Waals surface area contributed by atoms with Crippen molar-refractivity contribution in [1.29, 1.82) is 0 Å². The van der Waals surface area contributed by atoms with Crippen LogP contribution in [0.4, 0.5) is 0 Å². The first-order chi connectivity index (χ1) is 5.72. The summed E-state index contributed by atoms with van der Waals surface area (Å²) in [6.45, 7) is 0.487. The maximum absolute atomic E-state index is 8.99. The maximum atomic E-state index is 8.99. The first-order valence-corrected chi connectivity index (χ1v) is 3.96. The number of benzene rings is 1. The molecule has 5 N–H and O–H groups in total. The number of aromatic hydroxyl groups is 1. The minimum absolute atomic E-state index is 0. The van der Waals surface area contributed by atoms with E-state index in [0.717, 1.165) is 12.0 Å². The van der Waals surface area contributed by atoms with Gasteiger partial charge in [0.15, 0.2) is 0 Å². The molecule has 3 nitrogen and oxygen atoms in total. The Hall–Kier alpha value is -0.480. The molecule has 0 saturated carbocycles. The molecule has 1 rings (SSSR count). The average molecular weight is 239 g/mol. The highest BCUT2D eigenvalue weighted by Gasteiger charge is 2.00. The number of nitrogens with two attached hydrogens (primary N) is 2.